The van der Waals surface area contributed by atoms with E-state index in [2.05, 4.69) is 254 Å². The van der Waals surface area contributed by atoms with Crippen LogP contribution in [0.15, 0.2) is 249 Å². The molecule has 0 aromatic heterocycles. The van der Waals surface area contributed by atoms with E-state index in [9.17, 15) is 0 Å². The monoisotopic (exact) mass is 799 g/mol. The molecule has 0 amide bonds. The van der Waals surface area contributed by atoms with Gasteiger partial charge in [-0.2, -0.15) is 0 Å². The number of hydrogen-bond acceptors (Lipinski definition) is 1. The van der Waals surface area contributed by atoms with Crippen molar-refractivity contribution in [2.24, 2.45) is 0 Å². The topological polar surface area (TPSA) is 3.24 Å². The van der Waals surface area contributed by atoms with Crippen LogP contribution in [0.3, 0.4) is 0 Å². The highest BCUT2D eigenvalue weighted by Gasteiger charge is 2.24. The Morgan fingerprint density at radius 3 is 1.49 bits per heavy atom. The molecule has 294 valence electrons. The molecule has 1 nitrogen and oxygen atoms in total. The van der Waals surface area contributed by atoms with Gasteiger partial charge in [-0.25, -0.2) is 0 Å². The first-order valence-electron chi connectivity index (χ1n) is 21.7. The van der Waals surface area contributed by atoms with Crippen molar-refractivity contribution in [3.63, 3.8) is 0 Å². The van der Waals surface area contributed by atoms with Crippen LogP contribution in [0.25, 0.3) is 98.4 Å². The lowest BCUT2D eigenvalue weighted by molar-refractivity contribution is 1.30. The summed E-state index contributed by atoms with van der Waals surface area (Å²) in [4.78, 5) is 2.50. The Hall–Kier alpha value is -8.26. The van der Waals surface area contributed by atoms with Crippen molar-refractivity contribution in [2.75, 3.05) is 4.90 Å². The number of anilines is 3. The number of benzene rings is 12. The average Bonchev–Trinajstić information content (AvgIpc) is 3.36. The molecule has 0 fully saturated rings. The largest absolute Gasteiger partial charge is 0.309 e. The SMILES string of the molecule is c1ccc(-c2cccc(-c3c(N(c4ccc(-c5ccc6c(ccc7ccccc76)c5)cc4)c4cccc(-c5ccc6ccccc6c5)c4)c4ccccc4c4ccccc34)c2)cc1. The minimum Gasteiger partial charge on any atom is -0.309 e. The van der Waals surface area contributed by atoms with Crippen LogP contribution in [0.2, 0.25) is 0 Å². The molecule has 0 atom stereocenters. The molecule has 0 aliphatic heterocycles. The molecule has 1 heteroatoms. The predicted octanol–water partition coefficient (Wildman–Crippen LogP) is 17.6. The highest BCUT2D eigenvalue weighted by molar-refractivity contribution is 6.22. The van der Waals surface area contributed by atoms with Crippen molar-refractivity contribution in [2.45, 2.75) is 0 Å². The van der Waals surface area contributed by atoms with Gasteiger partial charge in [0.2, 0.25) is 0 Å². The van der Waals surface area contributed by atoms with E-state index < -0.39 is 0 Å². The summed E-state index contributed by atoms with van der Waals surface area (Å²) in [7, 11) is 0. The lowest BCUT2D eigenvalue weighted by atomic mass is 9.88. The molecule has 12 aromatic rings. The standard InChI is InChI=1S/C62H41N/c1-2-14-42(15-3-1)47-19-12-21-52(40-47)61-59-26-10-8-24-57(59)58-25-9-11-27-60(58)62(61)63(54-22-13-20-48(41-54)50-30-28-43-16-4-5-18-46(43)38-50)53-35-32-44(33-36-53)49-34-37-56-51(39-49)31-29-45-17-6-7-23-55(45)56/h1-41H. The van der Waals surface area contributed by atoms with Gasteiger partial charge in [0.1, 0.15) is 0 Å². The first-order valence-corrected chi connectivity index (χ1v) is 21.7. The van der Waals surface area contributed by atoms with Gasteiger partial charge in [0, 0.05) is 22.3 Å². The van der Waals surface area contributed by atoms with E-state index in [1.165, 1.54) is 98.4 Å². The van der Waals surface area contributed by atoms with E-state index in [4.69, 9.17) is 0 Å². The highest BCUT2D eigenvalue weighted by atomic mass is 15.1. The van der Waals surface area contributed by atoms with E-state index >= 15 is 0 Å². The van der Waals surface area contributed by atoms with Gasteiger partial charge in [0.15, 0.2) is 0 Å². The summed E-state index contributed by atoms with van der Waals surface area (Å²) in [5, 5.41) is 12.4. The van der Waals surface area contributed by atoms with Crippen LogP contribution in [0, 0.1) is 0 Å². The normalized spacial score (nSPS) is 11.5. The fourth-order valence-corrected chi connectivity index (χ4v) is 9.73. The molecule has 63 heavy (non-hydrogen) atoms. The Labute approximate surface area is 367 Å². The van der Waals surface area contributed by atoms with Crippen LogP contribution in [0.5, 0.6) is 0 Å². The van der Waals surface area contributed by atoms with Crippen molar-refractivity contribution in [1.82, 2.24) is 0 Å². The van der Waals surface area contributed by atoms with Crippen molar-refractivity contribution in [3.8, 4) is 44.5 Å². The molecule has 0 saturated heterocycles. The number of fused-ring (bicyclic) bond motifs is 7. The van der Waals surface area contributed by atoms with Crippen molar-refractivity contribution >= 4 is 70.9 Å². The smallest absolute Gasteiger partial charge is 0.0624 e. The van der Waals surface area contributed by atoms with E-state index in [0.717, 1.165) is 17.1 Å². The van der Waals surface area contributed by atoms with Crippen LogP contribution >= 0.6 is 0 Å². The van der Waals surface area contributed by atoms with Crippen molar-refractivity contribution < 1.29 is 0 Å². The van der Waals surface area contributed by atoms with Crippen LogP contribution in [0.4, 0.5) is 17.1 Å². The summed E-state index contributed by atoms with van der Waals surface area (Å²) in [6.07, 6.45) is 0. The summed E-state index contributed by atoms with van der Waals surface area (Å²) < 4.78 is 0. The van der Waals surface area contributed by atoms with Crippen molar-refractivity contribution in [1.29, 1.82) is 0 Å². The lowest BCUT2D eigenvalue weighted by Gasteiger charge is -2.31. The Kier molecular flexibility index (Phi) is 8.90. The number of rotatable bonds is 7. The second kappa shape index (κ2) is 15.3. The third-order valence-corrected chi connectivity index (χ3v) is 12.8. The summed E-state index contributed by atoms with van der Waals surface area (Å²) >= 11 is 0. The molecular weight excluding hydrogens is 759 g/mol. The maximum atomic E-state index is 2.50. The fraction of sp³-hybridized carbons (Fsp3) is 0. The molecule has 0 saturated carbocycles. The molecule has 0 bridgehead atoms. The van der Waals surface area contributed by atoms with Crippen LogP contribution in [0.1, 0.15) is 0 Å². The predicted molar refractivity (Wildman–Crippen MR) is 270 cm³/mol. The van der Waals surface area contributed by atoms with Gasteiger partial charge >= 0.3 is 0 Å². The third kappa shape index (κ3) is 6.50. The van der Waals surface area contributed by atoms with Crippen LogP contribution in [-0.2, 0) is 0 Å². The number of hydrogen-bond donors (Lipinski definition) is 0. The van der Waals surface area contributed by atoms with Gasteiger partial charge in [-0.05, 0) is 130 Å². The minimum atomic E-state index is 1.09. The molecule has 0 spiro atoms. The lowest BCUT2D eigenvalue weighted by Crippen LogP contribution is -2.12. The molecule has 0 N–H and O–H groups in total. The van der Waals surface area contributed by atoms with E-state index in [0.29, 0.717) is 0 Å². The maximum Gasteiger partial charge on any atom is 0.0624 e. The van der Waals surface area contributed by atoms with E-state index in [1.54, 1.807) is 0 Å². The van der Waals surface area contributed by atoms with E-state index in [1.807, 2.05) is 0 Å². The Bertz CT molecular complexity index is 3680. The van der Waals surface area contributed by atoms with Gasteiger partial charge < -0.3 is 4.90 Å². The Morgan fingerprint density at radius 2 is 0.683 bits per heavy atom. The van der Waals surface area contributed by atoms with Gasteiger partial charge in [0.25, 0.3) is 0 Å². The Balaban J connectivity index is 1.10. The maximum absolute atomic E-state index is 2.50. The third-order valence-electron chi connectivity index (χ3n) is 12.8. The summed E-state index contributed by atoms with van der Waals surface area (Å²) in [5.74, 6) is 0. The second-order valence-electron chi connectivity index (χ2n) is 16.5. The van der Waals surface area contributed by atoms with Gasteiger partial charge in [-0.15, -0.1) is 0 Å². The van der Waals surface area contributed by atoms with Crippen LogP contribution < -0.4 is 4.90 Å². The summed E-state index contributed by atoms with van der Waals surface area (Å²) in [5.41, 5.74) is 12.8. The van der Waals surface area contributed by atoms with Gasteiger partial charge in [-0.1, -0.05) is 206 Å². The highest BCUT2D eigenvalue weighted by Crippen LogP contribution is 2.50. The quantitative estimate of drug-likeness (QED) is 0.145. The molecule has 0 heterocycles. The first kappa shape index (κ1) is 36.6. The van der Waals surface area contributed by atoms with Gasteiger partial charge in [-0.3, -0.25) is 0 Å². The van der Waals surface area contributed by atoms with E-state index in [-0.39, 0.29) is 0 Å². The molecule has 0 radical (unpaired) electrons. The summed E-state index contributed by atoms with van der Waals surface area (Å²) in [6.45, 7) is 0. The van der Waals surface area contributed by atoms with Crippen molar-refractivity contribution in [3.05, 3.63) is 249 Å². The molecule has 0 unspecified atom stereocenters. The zero-order valence-electron chi connectivity index (χ0n) is 34.6. The molecule has 0 aliphatic carbocycles. The first-order chi connectivity index (χ1) is 31.2. The van der Waals surface area contributed by atoms with Crippen LogP contribution in [-0.4, -0.2) is 0 Å². The molecular formula is C62H41N. The summed E-state index contributed by atoms with van der Waals surface area (Å²) in [6, 6.07) is 91.3. The second-order valence-corrected chi connectivity index (χ2v) is 16.5. The zero-order chi connectivity index (χ0) is 41.7. The molecule has 12 aromatic carbocycles. The Morgan fingerprint density at radius 1 is 0.206 bits per heavy atom. The minimum absolute atomic E-state index is 1.09. The average molecular weight is 800 g/mol. The number of nitrogens with zero attached hydrogens (tertiary/aromatic N) is 1. The van der Waals surface area contributed by atoms with Gasteiger partial charge in [0.05, 0.1) is 5.69 Å². The zero-order valence-corrected chi connectivity index (χ0v) is 34.6. The molecule has 12 rings (SSSR count). The fourth-order valence-electron chi connectivity index (χ4n) is 9.73. The molecule has 0 aliphatic rings.